The highest BCUT2D eigenvalue weighted by Gasteiger charge is 2.34. The van der Waals surface area contributed by atoms with Gasteiger partial charge in [0.1, 0.15) is 18.1 Å². The molecule has 8 heteroatoms. The van der Waals surface area contributed by atoms with E-state index < -0.39 is 16.7 Å². The monoisotopic (exact) mass is 379 g/mol. The molecular formula is C18H19ClFN3O3. The molecule has 1 unspecified atom stereocenters. The Morgan fingerprint density at radius 1 is 1.50 bits per heavy atom. The lowest BCUT2D eigenvalue weighted by Gasteiger charge is -2.27. The molecule has 1 atom stereocenters. The fraction of sp³-hybridized carbons (Fsp3) is 0.389. The average Bonchev–Trinajstić information content (AvgIpc) is 2.89. The third-order valence-electron chi connectivity index (χ3n) is 3.93. The Bertz CT molecular complexity index is 877. The molecule has 26 heavy (non-hydrogen) atoms. The van der Waals surface area contributed by atoms with Gasteiger partial charge >= 0.3 is 5.97 Å². The molecular weight excluding hydrogens is 361 g/mol. The highest BCUT2D eigenvalue weighted by Crippen LogP contribution is 2.34. The summed E-state index contributed by atoms with van der Waals surface area (Å²) in [6, 6.07) is 2.83. The normalized spacial score (nSPS) is 18.9. The van der Waals surface area contributed by atoms with Gasteiger partial charge in [-0.25, -0.2) is 14.2 Å². The highest BCUT2D eigenvalue weighted by molar-refractivity contribution is 6.25. The number of pyridine rings is 1. The lowest BCUT2D eigenvalue weighted by Crippen LogP contribution is -2.30. The van der Waals surface area contributed by atoms with Crippen LogP contribution in [0.25, 0.3) is 5.76 Å². The zero-order chi connectivity index (χ0) is 18.9. The van der Waals surface area contributed by atoms with E-state index in [1.807, 2.05) is 0 Å². The first-order valence-electron chi connectivity index (χ1n) is 8.21. The van der Waals surface area contributed by atoms with Gasteiger partial charge in [0.2, 0.25) is 0 Å². The van der Waals surface area contributed by atoms with E-state index in [-0.39, 0.29) is 18.9 Å². The molecule has 1 aliphatic rings. The minimum absolute atomic E-state index is 0.0773. The van der Waals surface area contributed by atoms with E-state index in [0.29, 0.717) is 29.5 Å². The maximum atomic E-state index is 13.8. The average molecular weight is 380 g/mol. The lowest BCUT2D eigenvalue weighted by atomic mass is 10.1. The molecule has 0 fully saturated rings. The SMILES string of the molecule is CCOC(=O)c1c(C)nc2n1CC(C)(Cl)C=C2OCc1ncccc1F. The molecule has 2 aromatic rings. The second-order valence-corrected chi connectivity index (χ2v) is 7.05. The Kier molecular flexibility index (Phi) is 5.00. The van der Waals surface area contributed by atoms with Crippen molar-refractivity contribution >= 4 is 23.3 Å². The summed E-state index contributed by atoms with van der Waals surface area (Å²) in [4.78, 5) is 19.9. The van der Waals surface area contributed by atoms with Crippen molar-refractivity contribution in [3.63, 3.8) is 0 Å². The first-order chi connectivity index (χ1) is 12.3. The lowest BCUT2D eigenvalue weighted by molar-refractivity contribution is 0.0512. The first kappa shape index (κ1) is 18.4. The summed E-state index contributed by atoms with van der Waals surface area (Å²) < 4.78 is 26.3. The van der Waals surface area contributed by atoms with Crippen molar-refractivity contribution in [2.75, 3.05) is 6.61 Å². The van der Waals surface area contributed by atoms with E-state index in [0.717, 1.165) is 0 Å². The first-order valence-corrected chi connectivity index (χ1v) is 8.59. The van der Waals surface area contributed by atoms with E-state index in [9.17, 15) is 9.18 Å². The minimum Gasteiger partial charge on any atom is -0.484 e. The number of carbonyl (C=O) groups excluding carboxylic acids is 1. The second-order valence-electron chi connectivity index (χ2n) is 6.18. The molecule has 0 amide bonds. The third-order valence-corrected chi connectivity index (χ3v) is 4.16. The van der Waals surface area contributed by atoms with Crippen LogP contribution in [-0.2, 0) is 22.6 Å². The van der Waals surface area contributed by atoms with Gasteiger partial charge in [-0.05, 0) is 39.0 Å². The van der Waals surface area contributed by atoms with Gasteiger partial charge < -0.3 is 14.0 Å². The molecule has 0 N–H and O–H groups in total. The van der Waals surface area contributed by atoms with Gasteiger partial charge in [-0.15, -0.1) is 11.6 Å². The number of hydrogen-bond donors (Lipinski definition) is 0. The largest absolute Gasteiger partial charge is 0.484 e. The molecule has 0 saturated carbocycles. The van der Waals surface area contributed by atoms with Gasteiger partial charge in [-0.3, -0.25) is 4.98 Å². The minimum atomic E-state index is -0.792. The van der Waals surface area contributed by atoms with E-state index in [4.69, 9.17) is 21.1 Å². The fourth-order valence-corrected chi connectivity index (χ4v) is 3.06. The van der Waals surface area contributed by atoms with Gasteiger partial charge in [0.05, 0.1) is 17.2 Å². The van der Waals surface area contributed by atoms with Gasteiger partial charge in [0.15, 0.2) is 17.3 Å². The smallest absolute Gasteiger partial charge is 0.356 e. The van der Waals surface area contributed by atoms with E-state index >= 15 is 0 Å². The van der Waals surface area contributed by atoms with Crippen LogP contribution >= 0.6 is 11.6 Å². The van der Waals surface area contributed by atoms with Crippen LogP contribution in [-0.4, -0.2) is 32.0 Å². The third kappa shape index (κ3) is 3.58. The molecule has 2 aromatic heterocycles. The Labute approximate surface area is 155 Å². The van der Waals surface area contributed by atoms with Gasteiger partial charge in [0.25, 0.3) is 0 Å². The molecule has 0 radical (unpaired) electrons. The standard InChI is InChI=1S/C18H19ClFN3O3/c1-4-25-17(24)15-11(2)22-16-14(8-18(3,19)10-23(15)16)26-9-13-12(20)6-5-7-21-13/h5-8H,4,9-10H2,1-3H3. The summed E-state index contributed by atoms with van der Waals surface area (Å²) in [5, 5.41) is 0. The predicted molar refractivity (Wildman–Crippen MR) is 94.1 cm³/mol. The molecule has 1 aliphatic heterocycles. The molecule has 0 aliphatic carbocycles. The Morgan fingerprint density at radius 2 is 2.27 bits per heavy atom. The Morgan fingerprint density at radius 3 is 2.96 bits per heavy atom. The number of aryl methyl sites for hydroxylation is 1. The number of imidazole rings is 1. The number of carbonyl (C=O) groups is 1. The van der Waals surface area contributed by atoms with Crippen LogP contribution in [0.5, 0.6) is 0 Å². The van der Waals surface area contributed by atoms with Crippen molar-refractivity contribution in [1.29, 1.82) is 0 Å². The molecule has 0 bridgehead atoms. The van der Waals surface area contributed by atoms with Crippen LogP contribution in [0.1, 0.15) is 41.5 Å². The molecule has 138 valence electrons. The summed E-state index contributed by atoms with van der Waals surface area (Å²) in [5.41, 5.74) is 1.04. The fourth-order valence-electron chi connectivity index (χ4n) is 2.84. The van der Waals surface area contributed by atoms with Crippen LogP contribution in [0.2, 0.25) is 0 Å². The number of halogens is 2. The number of nitrogens with zero attached hydrogens (tertiary/aromatic N) is 3. The molecule has 0 aromatic carbocycles. The van der Waals surface area contributed by atoms with Gasteiger partial charge in [-0.1, -0.05) is 0 Å². The number of esters is 1. The number of ether oxygens (including phenoxy) is 2. The zero-order valence-corrected chi connectivity index (χ0v) is 15.5. The van der Waals surface area contributed by atoms with Crippen molar-refractivity contribution in [2.24, 2.45) is 0 Å². The number of alkyl halides is 1. The number of aromatic nitrogens is 3. The molecule has 6 nitrogen and oxygen atoms in total. The summed E-state index contributed by atoms with van der Waals surface area (Å²) in [6.45, 7) is 5.78. The highest BCUT2D eigenvalue weighted by atomic mass is 35.5. The quantitative estimate of drug-likeness (QED) is 0.588. The van der Waals surface area contributed by atoms with E-state index in [1.165, 1.54) is 18.3 Å². The second kappa shape index (κ2) is 7.07. The van der Waals surface area contributed by atoms with Gasteiger partial charge in [0, 0.05) is 12.7 Å². The topological polar surface area (TPSA) is 66.2 Å². The van der Waals surface area contributed by atoms with Crippen molar-refractivity contribution in [1.82, 2.24) is 14.5 Å². The van der Waals surface area contributed by atoms with E-state index in [2.05, 4.69) is 9.97 Å². The van der Waals surface area contributed by atoms with Crippen LogP contribution in [0.4, 0.5) is 4.39 Å². The summed E-state index contributed by atoms with van der Waals surface area (Å²) in [5.74, 6) is -0.0880. The molecule has 0 spiro atoms. The Balaban J connectivity index is 1.95. The summed E-state index contributed by atoms with van der Waals surface area (Å²) in [7, 11) is 0. The number of fused-ring (bicyclic) bond motifs is 1. The van der Waals surface area contributed by atoms with Crippen LogP contribution in [0, 0.1) is 12.7 Å². The maximum absolute atomic E-state index is 13.8. The predicted octanol–water partition coefficient (Wildman–Crippen LogP) is 3.47. The van der Waals surface area contributed by atoms with Crippen LogP contribution in [0.3, 0.4) is 0 Å². The molecule has 3 rings (SSSR count). The van der Waals surface area contributed by atoms with E-state index in [1.54, 1.807) is 31.4 Å². The summed E-state index contributed by atoms with van der Waals surface area (Å²) >= 11 is 6.52. The van der Waals surface area contributed by atoms with Crippen LogP contribution in [0.15, 0.2) is 24.4 Å². The zero-order valence-electron chi connectivity index (χ0n) is 14.8. The van der Waals surface area contributed by atoms with Crippen molar-refractivity contribution in [3.05, 3.63) is 53.1 Å². The maximum Gasteiger partial charge on any atom is 0.356 e. The van der Waals surface area contributed by atoms with Gasteiger partial charge in [-0.2, -0.15) is 0 Å². The van der Waals surface area contributed by atoms with Crippen molar-refractivity contribution in [3.8, 4) is 0 Å². The number of rotatable bonds is 5. The van der Waals surface area contributed by atoms with Crippen LogP contribution < -0.4 is 0 Å². The number of hydrogen-bond acceptors (Lipinski definition) is 5. The van der Waals surface area contributed by atoms with Crippen molar-refractivity contribution < 1.29 is 18.7 Å². The van der Waals surface area contributed by atoms with Crippen molar-refractivity contribution in [2.45, 2.75) is 38.8 Å². The molecule has 3 heterocycles. The summed E-state index contributed by atoms with van der Waals surface area (Å²) in [6.07, 6.45) is 3.21. The molecule has 0 saturated heterocycles. The number of allylic oxidation sites excluding steroid dienone is 1. The Hall–Kier alpha value is -2.41.